The third-order valence-corrected chi connectivity index (χ3v) is 5.11. The van der Waals surface area contributed by atoms with Gasteiger partial charge in [0.05, 0.1) is 23.9 Å². The Kier molecular flexibility index (Phi) is 7.25. The number of rotatable bonds is 8. The number of benzene rings is 1. The van der Waals surface area contributed by atoms with E-state index in [2.05, 4.69) is 10.3 Å². The number of pyridine rings is 1. The van der Waals surface area contributed by atoms with Gasteiger partial charge >= 0.3 is 0 Å². The Labute approximate surface area is 170 Å². The molecule has 0 spiro atoms. The van der Waals surface area contributed by atoms with Gasteiger partial charge in [0.25, 0.3) is 0 Å². The van der Waals surface area contributed by atoms with Gasteiger partial charge in [0.15, 0.2) is 0 Å². The van der Waals surface area contributed by atoms with Crippen molar-refractivity contribution in [3.8, 4) is 5.88 Å². The molecular weight excluding hydrogens is 380 g/mol. The van der Waals surface area contributed by atoms with E-state index < -0.39 is 5.41 Å². The van der Waals surface area contributed by atoms with Crippen molar-refractivity contribution in [1.29, 1.82) is 0 Å². The van der Waals surface area contributed by atoms with Crippen LogP contribution in [0.25, 0.3) is 0 Å². The molecule has 1 fully saturated rings. The van der Waals surface area contributed by atoms with Crippen LogP contribution in [0.4, 0.5) is 5.69 Å². The second-order valence-corrected chi connectivity index (χ2v) is 7.02. The van der Waals surface area contributed by atoms with Crippen LogP contribution in [0, 0.1) is 0 Å². The number of nitrogens with one attached hydrogen (secondary N) is 1. The predicted molar refractivity (Wildman–Crippen MR) is 108 cm³/mol. The fraction of sp³-hybridized carbons (Fsp3) is 0.429. The molecule has 7 heteroatoms. The lowest BCUT2D eigenvalue weighted by Gasteiger charge is -2.36. The summed E-state index contributed by atoms with van der Waals surface area (Å²) in [6, 6.07) is 11.0. The summed E-state index contributed by atoms with van der Waals surface area (Å²) in [7, 11) is 0. The molecule has 1 N–H and O–H groups in total. The van der Waals surface area contributed by atoms with Crippen LogP contribution < -0.4 is 10.1 Å². The average Bonchev–Trinajstić information content (AvgIpc) is 2.73. The Morgan fingerprint density at radius 2 is 1.93 bits per heavy atom. The van der Waals surface area contributed by atoms with Crippen molar-refractivity contribution in [2.45, 2.75) is 25.2 Å². The van der Waals surface area contributed by atoms with Crippen LogP contribution in [0.5, 0.6) is 5.88 Å². The number of aromatic nitrogens is 1. The maximum absolute atomic E-state index is 13.2. The summed E-state index contributed by atoms with van der Waals surface area (Å²) in [4.78, 5) is 17.5. The van der Waals surface area contributed by atoms with E-state index in [1.54, 1.807) is 18.3 Å². The van der Waals surface area contributed by atoms with Gasteiger partial charge in [-0.1, -0.05) is 23.7 Å². The van der Waals surface area contributed by atoms with Gasteiger partial charge in [-0.15, -0.1) is 0 Å². The van der Waals surface area contributed by atoms with Crippen LogP contribution in [0.3, 0.4) is 0 Å². The largest absolute Gasteiger partial charge is 0.475 e. The molecule has 1 amide bonds. The molecule has 28 heavy (non-hydrogen) atoms. The van der Waals surface area contributed by atoms with Gasteiger partial charge in [-0.25, -0.2) is 4.98 Å². The summed E-state index contributed by atoms with van der Waals surface area (Å²) in [6.45, 7) is 4.63. The lowest BCUT2D eigenvalue weighted by atomic mass is 9.73. The molecule has 6 nitrogen and oxygen atoms in total. The molecule has 1 aromatic carbocycles. The summed E-state index contributed by atoms with van der Waals surface area (Å²) in [6.07, 6.45) is 2.84. The number of nitrogens with zero attached hydrogens (tertiary/aromatic N) is 1. The number of halogens is 1. The zero-order valence-electron chi connectivity index (χ0n) is 15.9. The predicted octanol–water partition coefficient (Wildman–Crippen LogP) is 3.84. The molecular formula is C21H25ClN2O4. The SMILES string of the molecule is CCOCCOc1ccc(NC(=O)C2(c3ccc(Cl)cc3)CCOCC2)cn1. The van der Waals surface area contributed by atoms with E-state index >= 15 is 0 Å². The van der Waals surface area contributed by atoms with E-state index in [0.717, 1.165) is 5.56 Å². The molecule has 150 valence electrons. The maximum Gasteiger partial charge on any atom is 0.235 e. The minimum Gasteiger partial charge on any atom is -0.475 e. The van der Waals surface area contributed by atoms with Crippen LogP contribution in [0.1, 0.15) is 25.3 Å². The van der Waals surface area contributed by atoms with Crippen molar-refractivity contribution in [2.75, 3.05) is 38.4 Å². The zero-order valence-corrected chi connectivity index (χ0v) is 16.7. The first kappa shape index (κ1) is 20.6. The topological polar surface area (TPSA) is 69.7 Å². The van der Waals surface area contributed by atoms with Crippen LogP contribution in [-0.4, -0.2) is 43.9 Å². The second-order valence-electron chi connectivity index (χ2n) is 6.59. The molecule has 1 aliphatic rings. The first-order valence-corrected chi connectivity index (χ1v) is 9.84. The molecule has 0 aliphatic carbocycles. The quantitative estimate of drug-likeness (QED) is 0.677. The van der Waals surface area contributed by atoms with Gasteiger partial charge in [0, 0.05) is 30.9 Å². The highest BCUT2D eigenvalue weighted by Crippen LogP contribution is 2.36. The smallest absolute Gasteiger partial charge is 0.235 e. The zero-order chi connectivity index (χ0) is 19.8. The van der Waals surface area contributed by atoms with E-state index in [4.69, 9.17) is 25.8 Å². The molecule has 0 bridgehead atoms. The summed E-state index contributed by atoms with van der Waals surface area (Å²) < 4.78 is 16.2. The maximum atomic E-state index is 13.2. The van der Waals surface area contributed by atoms with Gasteiger partial charge in [-0.3, -0.25) is 4.79 Å². The summed E-state index contributed by atoms with van der Waals surface area (Å²) in [5, 5.41) is 3.65. The molecule has 2 heterocycles. The molecule has 0 saturated carbocycles. The van der Waals surface area contributed by atoms with Crippen molar-refractivity contribution in [3.63, 3.8) is 0 Å². The number of hydrogen-bond acceptors (Lipinski definition) is 5. The van der Waals surface area contributed by atoms with E-state index in [1.807, 2.05) is 31.2 Å². The minimum atomic E-state index is -0.643. The van der Waals surface area contributed by atoms with Crippen LogP contribution in [0.2, 0.25) is 5.02 Å². The molecule has 2 aromatic rings. The summed E-state index contributed by atoms with van der Waals surface area (Å²) in [5.41, 5.74) is 0.929. The van der Waals surface area contributed by atoms with Crippen molar-refractivity contribution in [1.82, 2.24) is 4.98 Å². The molecule has 0 unspecified atom stereocenters. The van der Waals surface area contributed by atoms with Crippen molar-refractivity contribution in [2.24, 2.45) is 0 Å². The van der Waals surface area contributed by atoms with Crippen molar-refractivity contribution >= 4 is 23.2 Å². The van der Waals surface area contributed by atoms with Gasteiger partial charge in [-0.2, -0.15) is 0 Å². The number of anilines is 1. The molecule has 3 rings (SSSR count). The Hall–Kier alpha value is -2.15. The fourth-order valence-electron chi connectivity index (χ4n) is 3.28. The first-order chi connectivity index (χ1) is 13.6. The molecule has 1 aromatic heterocycles. The standard InChI is InChI=1S/C21H25ClN2O4/c1-2-26-13-14-28-19-8-7-18(15-23-19)24-20(25)21(9-11-27-12-10-21)16-3-5-17(22)6-4-16/h3-8,15H,2,9-14H2,1H3,(H,24,25). The van der Waals surface area contributed by atoms with E-state index in [1.165, 1.54) is 0 Å². The minimum absolute atomic E-state index is 0.0649. The van der Waals surface area contributed by atoms with Gasteiger partial charge < -0.3 is 19.5 Å². The number of carbonyl (C=O) groups excluding carboxylic acids is 1. The van der Waals surface area contributed by atoms with Gasteiger partial charge in [0.1, 0.15) is 6.61 Å². The molecule has 0 radical (unpaired) electrons. The number of carbonyl (C=O) groups is 1. The second kappa shape index (κ2) is 9.87. The van der Waals surface area contributed by atoms with E-state index in [0.29, 0.717) is 62.5 Å². The van der Waals surface area contributed by atoms with E-state index in [9.17, 15) is 4.79 Å². The highest BCUT2D eigenvalue weighted by molar-refractivity contribution is 6.30. The lowest BCUT2D eigenvalue weighted by Crippen LogP contribution is -2.44. The average molecular weight is 405 g/mol. The van der Waals surface area contributed by atoms with Gasteiger partial charge in [0.2, 0.25) is 11.8 Å². The fourth-order valence-corrected chi connectivity index (χ4v) is 3.40. The number of ether oxygens (including phenoxy) is 3. The van der Waals surface area contributed by atoms with E-state index in [-0.39, 0.29) is 5.91 Å². The number of amides is 1. The number of hydrogen-bond donors (Lipinski definition) is 1. The summed E-state index contributed by atoms with van der Waals surface area (Å²) in [5.74, 6) is 0.432. The Morgan fingerprint density at radius 1 is 1.18 bits per heavy atom. The highest BCUT2D eigenvalue weighted by Gasteiger charge is 2.41. The Bertz CT molecular complexity index is 759. The van der Waals surface area contributed by atoms with Crippen LogP contribution in [-0.2, 0) is 19.7 Å². The third-order valence-electron chi connectivity index (χ3n) is 4.85. The van der Waals surface area contributed by atoms with Gasteiger partial charge in [-0.05, 0) is 43.5 Å². The summed E-state index contributed by atoms with van der Waals surface area (Å²) >= 11 is 6.02. The normalized spacial score (nSPS) is 15.8. The van der Waals surface area contributed by atoms with Crippen molar-refractivity contribution in [3.05, 3.63) is 53.2 Å². The molecule has 1 aliphatic heterocycles. The van der Waals surface area contributed by atoms with Crippen LogP contribution in [0.15, 0.2) is 42.6 Å². The lowest BCUT2D eigenvalue weighted by molar-refractivity contribution is -0.125. The third kappa shape index (κ3) is 5.01. The van der Waals surface area contributed by atoms with Crippen molar-refractivity contribution < 1.29 is 19.0 Å². The molecule has 1 saturated heterocycles. The monoisotopic (exact) mass is 404 g/mol. The highest BCUT2D eigenvalue weighted by atomic mass is 35.5. The first-order valence-electron chi connectivity index (χ1n) is 9.46. The molecule has 0 atom stereocenters. The Balaban J connectivity index is 1.69. The van der Waals surface area contributed by atoms with Crippen LogP contribution >= 0.6 is 11.6 Å². The Morgan fingerprint density at radius 3 is 2.57 bits per heavy atom.